The maximum Gasteiger partial charge on any atom is 0.329 e. The van der Waals surface area contributed by atoms with Crippen molar-refractivity contribution in [3.8, 4) is 5.75 Å². The average Bonchev–Trinajstić information content (AvgIpc) is 2.67. The molecule has 7 heteroatoms. The summed E-state index contributed by atoms with van der Waals surface area (Å²) in [5, 5.41) is 18.5. The number of aromatic hydroxyl groups is 1. The minimum Gasteiger partial charge on any atom is -0.507 e. The number of carbonyl (C=O) groups is 2. The van der Waals surface area contributed by atoms with Crippen molar-refractivity contribution in [2.45, 2.75) is 6.92 Å². The molecule has 0 bridgehead atoms. The Labute approximate surface area is 160 Å². The molecule has 0 aromatic heterocycles. The Bertz CT molecular complexity index is 1060. The van der Waals surface area contributed by atoms with Crippen LogP contribution in [0, 0.1) is 6.92 Å². The number of phenolic OH excluding ortho intramolecular Hbond substituents is 1. The number of amides is 2. The van der Waals surface area contributed by atoms with Gasteiger partial charge in [-0.25, -0.2) is 5.43 Å². The third-order valence-corrected chi connectivity index (χ3v) is 4.44. The lowest BCUT2D eigenvalue weighted by Crippen LogP contribution is -2.32. The normalized spacial score (nSPS) is 10.9. The van der Waals surface area contributed by atoms with Crippen LogP contribution < -0.4 is 10.7 Å². The van der Waals surface area contributed by atoms with Crippen LogP contribution >= 0.6 is 11.6 Å². The lowest BCUT2D eigenvalue weighted by Gasteiger charge is -2.08. The zero-order valence-electron chi connectivity index (χ0n) is 14.4. The number of halogens is 1. The number of nitrogens with zero attached hydrogens (tertiary/aromatic N) is 1. The quantitative estimate of drug-likeness (QED) is 0.368. The zero-order chi connectivity index (χ0) is 19.4. The van der Waals surface area contributed by atoms with Crippen LogP contribution in [0.1, 0.15) is 11.1 Å². The molecule has 0 saturated heterocycles. The Hall–Kier alpha value is -3.38. The first-order chi connectivity index (χ1) is 13.0. The number of rotatable bonds is 3. The first kappa shape index (κ1) is 18.4. The summed E-state index contributed by atoms with van der Waals surface area (Å²) in [7, 11) is 0. The van der Waals surface area contributed by atoms with E-state index in [4.69, 9.17) is 11.6 Å². The minimum absolute atomic E-state index is 0.0192. The molecule has 136 valence electrons. The number of hydrogen-bond acceptors (Lipinski definition) is 4. The molecule has 0 atom stereocenters. The maximum absolute atomic E-state index is 12.0. The first-order valence-electron chi connectivity index (χ1n) is 8.07. The van der Waals surface area contributed by atoms with E-state index in [-0.39, 0.29) is 5.75 Å². The van der Waals surface area contributed by atoms with Gasteiger partial charge in [-0.15, -0.1) is 0 Å². The van der Waals surface area contributed by atoms with E-state index in [2.05, 4.69) is 15.8 Å². The van der Waals surface area contributed by atoms with Gasteiger partial charge in [-0.05, 0) is 41.5 Å². The molecule has 27 heavy (non-hydrogen) atoms. The highest BCUT2D eigenvalue weighted by atomic mass is 35.5. The summed E-state index contributed by atoms with van der Waals surface area (Å²) in [5.74, 6) is -1.80. The van der Waals surface area contributed by atoms with Gasteiger partial charge in [0.05, 0.1) is 6.21 Å². The van der Waals surface area contributed by atoms with Crippen LogP contribution in [0.5, 0.6) is 5.75 Å². The number of anilines is 1. The van der Waals surface area contributed by atoms with Crippen molar-refractivity contribution in [3.63, 3.8) is 0 Å². The van der Waals surface area contributed by atoms with E-state index in [0.717, 1.165) is 10.8 Å². The third-order valence-electron chi connectivity index (χ3n) is 4.03. The van der Waals surface area contributed by atoms with Gasteiger partial charge in [0.2, 0.25) is 0 Å². The minimum atomic E-state index is -0.939. The number of nitrogens with one attached hydrogen (secondary N) is 2. The molecule has 0 aliphatic heterocycles. The Morgan fingerprint density at radius 3 is 2.63 bits per heavy atom. The molecule has 3 rings (SSSR count). The lowest BCUT2D eigenvalue weighted by atomic mass is 10.0. The molecule has 0 fully saturated rings. The van der Waals surface area contributed by atoms with E-state index >= 15 is 0 Å². The van der Waals surface area contributed by atoms with Crippen molar-refractivity contribution in [1.82, 2.24) is 5.43 Å². The molecule has 3 aromatic carbocycles. The van der Waals surface area contributed by atoms with E-state index in [1.54, 1.807) is 37.3 Å². The molecule has 2 amide bonds. The highest BCUT2D eigenvalue weighted by Crippen LogP contribution is 2.25. The van der Waals surface area contributed by atoms with Gasteiger partial charge < -0.3 is 10.4 Å². The van der Waals surface area contributed by atoms with E-state index in [1.165, 1.54) is 6.21 Å². The molecule has 0 saturated carbocycles. The molecule has 0 aliphatic rings. The highest BCUT2D eigenvalue weighted by Gasteiger charge is 2.14. The topological polar surface area (TPSA) is 90.8 Å². The van der Waals surface area contributed by atoms with Crippen molar-refractivity contribution in [2.75, 3.05) is 5.32 Å². The summed E-state index contributed by atoms with van der Waals surface area (Å²) in [6.07, 6.45) is 1.30. The van der Waals surface area contributed by atoms with Crippen LogP contribution in [0.2, 0.25) is 5.02 Å². The SMILES string of the molecule is Cc1c(Cl)cccc1NC(=O)C(=O)NN=Cc1c(O)ccc2ccccc12. The number of fused-ring (bicyclic) bond motifs is 1. The molecule has 3 aromatic rings. The summed E-state index contributed by atoms with van der Waals surface area (Å²) in [6, 6.07) is 15.8. The van der Waals surface area contributed by atoms with Gasteiger partial charge >= 0.3 is 11.8 Å². The maximum atomic E-state index is 12.0. The summed E-state index contributed by atoms with van der Waals surface area (Å²) in [6.45, 7) is 1.73. The number of hydrazone groups is 1. The van der Waals surface area contributed by atoms with Crippen molar-refractivity contribution in [1.29, 1.82) is 0 Å². The number of hydrogen-bond donors (Lipinski definition) is 3. The van der Waals surface area contributed by atoms with Crippen molar-refractivity contribution < 1.29 is 14.7 Å². The van der Waals surface area contributed by atoms with Crippen molar-refractivity contribution in [2.24, 2.45) is 5.10 Å². The largest absolute Gasteiger partial charge is 0.507 e. The highest BCUT2D eigenvalue weighted by molar-refractivity contribution is 6.40. The Kier molecular flexibility index (Phi) is 5.38. The van der Waals surface area contributed by atoms with Gasteiger partial charge in [-0.3, -0.25) is 9.59 Å². The molecule has 0 spiro atoms. The fourth-order valence-electron chi connectivity index (χ4n) is 2.55. The first-order valence-corrected chi connectivity index (χ1v) is 8.45. The molecule has 0 heterocycles. The summed E-state index contributed by atoms with van der Waals surface area (Å²) in [4.78, 5) is 24.0. The van der Waals surface area contributed by atoms with Gasteiger partial charge in [0.25, 0.3) is 0 Å². The Morgan fingerprint density at radius 2 is 1.81 bits per heavy atom. The van der Waals surface area contributed by atoms with E-state index in [9.17, 15) is 14.7 Å². The van der Waals surface area contributed by atoms with Gasteiger partial charge in [-0.2, -0.15) is 5.10 Å². The number of phenols is 1. The van der Waals surface area contributed by atoms with E-state index in [0.29, 0.717) is 21.8 Å². The molecule has 6 nitrogen and oxygen atoms in total. The molecule has 0 aliphatic carbocycles. The smallest absolute Gasteiger partial charge is 0.329 e. The van der Waals surface area contributed by atoms with Gasteiger partial charge in [0.15, 0.2) is 0 Å². The fourth-order valence-corrected chi connectivity index (χ4v) is 2.72. The van der Waals surface area contributed by atoms with Gasteiger partial charge in [-0.1, -0.05) is 48.0 Å². The lowest BCUT2D eigenvalue weighted by molar-refractivity contribution is -0.136. The van der Waals surface area contributed by atoms with Crippen LogP contribution in [-0.4, -0.2) is 23.1 Å². The van der Waals surface area contributed by atoms with E-state index in [1.807, 2.05) is 24.3 Å². The molecule has 3 N–H and O–H groups in total. The van der Waals surface area contributed by atoms with Crippen LogP contribution in [0.3, 0.4) is 0 Å². The second-order valence-corrected chi connectivity index (χ2v) is 6.19. The van der Waals surface area contributed by atoms with E-state index < -0.39 is 11.8 Å². The summed E-state index contributed by atoms with van der Waals surface area (Å²) < 4.78 is 0. The second kappa shape index (κ2) is 7.88. The predicted molar refractivity (Wildman–Crippen MR) is 106 cm³/mol. The van der Waals surface area contributed by atoms with Crippen molar-refractivity contribution >= 4 is 46.1 Å². The van der Waals surface area contributed by atoms with Crippen LogP contribution in [0.4, 0.5) is 5.69 Å². The average molecular weight is 382 g/mol. The monoisotopic (exact) mass is 381 g/mol. The second-order valence-electron chi connectivity index (χ2n) is 5.79. The van der Waals surface area contributed by atoms with Crippen LogP contribution in [0.15, 0.2) is 59.7 Å². The Balaban J connectivity index is 1.71. The number of benzene rings is 3. The predicted octanol–water partition coefficient (Wildman–Crippen LogP) is 3.60. The number of carbonyl (C=O) groups excluding carboxylic acids is 2. The van der Waals surface area contributed by atoms with Crippen molar-refractivity contribution in [3.05, 3.63) is 70.7 Å². The summed E-state index contributed by atoms with van der Waals surface area (Å²) in [5.41, 5.74) is 3.70. The summed E-state index contributed by atoms with van der Waals surface area (Å²) >= 11 is 5.99. The van der Waals surface area contributed by atoms with Gasteiger partial charge in [0.1, 0.15) is 5.75 Å². The van der Waals surface area contributed by atoms with Crippen LogP contribution in [0.25, 0.3) is 10.8 Å². The Morgan fingerprint density at radius 1 is 1.04 bits per heavy atom. The fraction of sp³-hybridized carbons (Fsp3) is 0.0500. The molecule has 0 unspecified atom stereocenters. The molecular formula is C20H16ClN3O3. The molecular weight excluding hydrogens is 366 g/mol. The standard InChI is InChI=1S/C20H16ClN3O3/c1-12-16(21)7-4-8-17(12)23-19(26)20(27)24-22-11-15-14-6-3-2-5-13(14)9-10-18(15)25/h2-11,25H,1H3,(H,23,26)(H,24,27). The molecule has 0 radical (unpaired) electrons. The third kappa shape index (κ3) is 4.07. The van der Waals surface area contributed by atoms with Crippen LogP contribution in [-0.2, 0) is 9.59 Å². The zero-order valence-corrected chi connectivity index (χ0v) is 15.1. The van der Waals surface area contributed by atoms with Gasteiger partial charge in [0, 0.05) is 16.3 Å².